The van der Waals surface area contributed by atoms with E-state index in [2.05, 4.69) is 31.4 Å². The summed E-state index contributed by atoms with van der Waals surface area (Å²) in [5.41, 5.74) is 4.84. The lowest BCUT2D eigenvalue weighted by Crippen LogP contribution is -2.50. The molecule has 2 unspecified atom stereocenters. The van der Waals surface area contributed by atoms with Crippen molar-refractivity contribution < 1.29 is 28.5 Å². The molecule has 10 nitrogen and oxygen atoms in total. The normalized spacial score (nSPS) is 17.6. The number of ether oxygens (including phenoxy) is 4. The molecule has 6 aromatic rings. The molecule has 1 fully saturated rings. The Labute approximate surface area is 327 Å². The Morgan fingerprint density at radius 3 is 1.64 bits per heavy atom. The van der Waals surface area contributed by atoms with Crippen LogP contribution in [0.15, 0.2) is 97.1 Å². The Bertz CT molecular complexity index is 2450. The average Bonchev–Trinajstić information content (AvgIpc) is 3.20. The summed E-state index contributed by atoms with van der Waals surface area (Å²) in [5.74, 6) is 2.16. The fourth-order valence-electron chi connectivity index (χ4n) is 8.55. The van der Waals surface area contributed by atoms with E-state index >= 15 is 0 Å². The summed E-state index contributed by atoms with van der Waals surface area (Å²) in [7, 11) is 6.42. The maximum Gasteiger partial charge on any atom is 0.252 e. The van der Waals surface area contributed by atoms with Gasteiger partial charge in [0.25, 0.3) is 11.8 Å². The summed E-state index contributed by atoms with van der Waals surface area (Å²) in [5, 5.41) is 8.20. The standard InChI is InChI=1S/C46H48N4O6/c1-45(2)24-28(48-44(52)36-23-40(50-38-15-11-9-13-32(36)38)34-19-17-30(54-5)21-42(34)56-7)25-46(3,26-45)27-47-43(51)35-22-39(49-37-14-10-8-12-31(35)37)33-18-16-29(53-4)20-41(33)55-6/h8-23,28H,24-27H2,1-7H3,(H,47,51)(H,48,52). The van der Waals surface area contributed by atoms with Crippen LogP contribution in [0.25, 0.3) is 44.3 Å². The Kier molecular flexibility index (Phi) is 10.6. The molecule has 0 aliphatic heterocycles. The zero-order chi connectivity index (χ0) is 39.6. The molecule has 1 saturated carbocycles. The second kappa shape index (κ2) is 15.5. The van der Waals surface area contributed by atoms with Crippen LogP contribution in [0, 0.1) is 10.8 Å². The van der Waals surface area contributed by atoms with Crippen molar-refractivity contribution in [1.82, 2.24) is 20.6 Å². The topological polar surface area (TPSA) is 121 Å². The summed E-state index contributed by atoms with van der Waals surface area (Å²) in [4.78, 5) is 38.3. The Hall–Kier alpha value is -6.16. The fraction of sp³-hybridized carbons (Fsp3) is 0.304. The number of hydrogen-bond donors (Lipinski definition) is 2. The second-order valence-corrected chi connectivity index (χ2v) is 15.7. The molecule has 288 valence electrons. The smallest absolute Gasteiger partial charge is 0.252 e. The summed E-state index contributed by atoms with van der Waals surface area (Å²) >= 11 is 0. The number of aromatic nitrogens is 2. The van der Waals surface area contributed by atoms with Gasteiger partial charge in [0.1, 0.15) is 23.0 Å². The minimum absolute atomic E-state index is 0.0982. The minimum Gasteiger partial charge on any atom is -0.497 e. The maximum atomic E-state index is 14.3. The number of hydrogen-bond acceptors (Lipinski definition) is 8. The van der Waals surface area contributed by atoms with Gasteiger partial charge in [-0.2, -0.15) is 0 Å². The van der Waals surface area contributed by atoms with E-state index in [-0.39, 0.29) is 28.7 Å². The molecule has 2 heterocycles. The first-order valence-corrected chi connectivity index (χ1v) is 18.8. The number of fused-ring (bicyclic) bond motifs is 2. The molecule has 2 atom stereocenters. The van der Waals surface area contributed by atoms with Crippen molar-refractivity contribution >= 4 is 33.6 Å². The number of nitrogens with one attached hydrogen (secondary N) is 2. The molecule has 2 aromatic heterocycles. The maximum absolute atomic E-state index is 14.3. The Morgan fingerprint density at radius 2 is 1.14 bits per heavy atom. The highest BCUT2D eigenvalue weighted by atomic mass is 16.5. The van der Waals surface area contributed by atoms with Crippen LogP contribution in [-0.2, 0) is 0 Å². The van der Waals surface area contributed by atoms with Crippen LogP contribution in [0.2, 0.25) is 0 Å². The van der Waals surface area contributed by atoms with Gasteiger partial charge in [-0.15, -0.1) is 0 Å². The molecule has 0 spiro atoms. The highest BCUT2D eigenvalue weighted by molar-refractivity contribution is 6.08. The molecule has 0 bridgehead atoms. The molecular weight excluding hydrogens is 705 g/mol. The average molecular weight is 753 g/mol. The van der Waals surface area contributed by atoms with E-state index < -0.39 is 0 Å². The van der Waals surface area contributed by atoms with Gasteiger partial charge < -0.3 is 29.6 Å². The third-order valence-corrected chi connectivity index (χ3v) is 10.7. The number of pyridine rings is 2. The first-order valence-electron chi connectivity index (χ1n) is 18.8. The van der Waals surface area contributed by atoms with Crippen LogP contribution in [0.5, 0.6) is 23.0 Å². The third kappa shape index (κ3) is 7.82. The first kappa shape index (κ1) is 38.1. The van der Waals surface area contributed by atoms with E-state index in [0.717, 1.165) is 34.7 Å². The molecule has 10 heteroatoms. The number of carbonyl (C=O) groups excluding carboxylic acids is 2. The second-order valence-electron chi connectivity index (χ2n) is 15.7. The van der Waals surface area contributed by atoms with Gasteiger partial charge in [-0.3, -0.25) is 9.59 Å². The van der Waals surface area contributed by atoms with Gasteiger partial charge in [-0.05, 0) is 78.6 Å². The molecule has 56 heavy (non-hydrogen) atoms. The number of benzene rings is 4. The summed E-state index contributed by atoms with van der Waals surface area (Å²) in [6.07, 6.45) is 2.36. The molecule has 1 aliphatic rings. The van der Waals surface area contributed by atoms with Crippen molar-refractivity contribution in [2.24, 2.45) is 10.8 Å². The first-order chi connectivity index (χ1) is 26.9. The number of rotatable bonds is 11. The minimum atomic E-state index is -0.303. The number of carbonyl (C=O) groups is 2. The molecule has 1 aliphatic carbocycles. The van der Waals surface area contributed by atoms with Crippen LogP contribution >= 0.6 is 0 Å². The van der Waals surface area contributed by atoms with Crippen molar-refractivity contribution in [2.45, 2.75) is 46.1 Å². The van der Waals surface area contributed by atoms with Crippen LogP contribution < -0.4 is 29.6 Å². The van der Waals surface area contributed by atoms with Gasteiger partial charge in [0.05, 0.1) is 62.0 Å². The molecule has 2 amide bonds. The number of para-hydroxylation sites is 2. The Morgan fingerprint density at radius 1 is 0.643 bits per heavy atom. The SMILES string of the molecule is COc1ccc(-c2cc(C(=O)NCC3(C)CC(NC(=O)c4cc(-c5ccc(OC)cc5OC)nc5ccccc45)CC(C)(C)C3)c3ccccc3n2)c(OC)c1. The lowest BCUT2D eigenvalue weighted by Gasteiger charge is -2.47. The van der Waals surface area contributed by atoms with E-state index in [1.54, 1.807) is 34.5 Å². The Balaban J connectivity index is 1.14. The molecular formula is C46H48N4O6. The monoisotopic (exact) mass is 752 g/mol. The van der Waals surface area contributed by atoms with Crippen molar-refractivity contribution in [3.8, 4) is 45.5 Å². The summed E-state index contributed by atoms with van der Waals surface area (Å²) in [6.45, 7) is 7.08. The summed E-state index contributed by atoms with van der Waals surface area (Å²) < 4.78 is 22.2. The van der Waals surface area contributed by atoms with E-state index in [0.29, 0.717) is 69.5 Å². The van der Waals surface area contributed by atoms with E-state index in [9.17, 15) is 9.59 Å². The van der Waals surface area contributed by atoms with Crippen LogP contribution in [-0.4, -0.2) is 62.8 Å². The van der Waals surface area contributed by atoms with Crippen molar-refractivity contribution in [1.29, 1.82) is 0 Å². The zero-order valence-corrected chi connectivity index (χ0v) is 33.0. The molecule has 0 saturated heterocycles. The van der Waals surface area contributed by atoms with E-state index in [1.807, 2.05) is 91.0 Å². The van der Waals surface area contributed by atoms with Gasteiger partial charge in [-0.25, -0.2) is 9.97 Å². The van der Waals surface area contributed by atoms with Crippen LogP contribution in [0.4, 0.5) is 0 Å². The quantitative estimate of drug-likeness (QED) is 0.135. The fourth-order valence-corrected chi connectivity index (χ4v) is 8.55. The largest absolute Gasteiger partial charge is 0.497 e. The van der Waals surface area contributed by atoms with Gasteiger partial charge >= 0.3 is 0 Å². The van der Waals surface area contributed by atoms with Gasteiger partial charge in [-0.1, -0.05) is 57.2 Å². The molecule has 0 radical (unpaired) electrons. The van der Waals surface area contributed by atoms with Gasteiger partial charge in [0.15, 0.2) is 0 Å². The zero-order valence-electron chi connectivity index (χ0n) is 33.0. The predicted octanol–water partition coefficient (Wildman–Crippen LogP) is 8.90. The lowest BCUT2D eigenvalue weighted by atomic mass is 9.62. The number of methoxy groups -OCH3 is 4. The summed E-state index contributed by atoms with van der Waals surface area (Å²) in [6, 6.07) is 30.0. The van der Waals surface area contributed by atoms with Crippen LogP contribution in [0.1, 0.15) is 60.7 Å². The highest BCUT2D eigenvalue weighted by Crippen LogP contribution is 2.46. The molecule has 4 aromatic carbocycles. The van der Waals surface area contributed by atoms with Crippen molar-refractivity contribution in [3.63, 3.8) is 0 Å². The lowest BCUT2D eigenvalue weighted by molar-refractivity contribution is 0.0593. The van der Waals surface area contributed by atoms with Gasteiger partial charge in [0.2, 0.25) is 0 Å². The number of nitrogens with zero attached hydrogens (tertiary/aromatic N) is 2. The van der Waals surface area contributed by atoms with E-state index in [1.165, 1.54) is 0 Å². The predicted molar refractivity (Wildman–Crippen MR) is 220 cm³/mol. The van der Waals surface area contributed by atoms with Crippen molar-refractivity contribution in [3.05, 3.63) is 108 Å². The van der Waals surface area contributed by atoms with E-state index in [4.69, 9.17) is 28.9 Å². The van der Waals surface area contributed by atoms with Crippen LogP contribution in [0.3, 0.4) is 0 Å². The molecule has 7 rings (SSSR count). The van der Waals surface area contributed by atoms with Crippen molar-refractivity contribution in [2.75, 3.05) is 35.0 Å². The van der Waals surface area contributed by atoms with Gasteiger partial charge in [0, 0.05) is 46.6 Å². The highest BCUT2D eigenvalue weighted by Gasteiger charge is 2.42. The number of amides is 2. The third-order valence-electron chi connectivity index (χ3n) is 10.7. The molecule has 2 N–H and O–H groups in total.